The van der Waals surface area contributed by atoms with Crippen LogP contribution in [0.2, 0.25) is 0 Å². The summed E-state index contributed by atoms with van der Waals surface area (Å²) in [5.74, 6) is -0.268. The van der Waals surface area contributed by atoms with Crippen LogP contribution in [0.1, 0.15) is 41.5 Å². The number of ether oxygens (including phenoxy) is 1. The highest BCUT2D eigenvalue weighted by Gasteiger charge is 2.72. The molecule has 4 rings (SSSR count). The van der Waals surface area contributed by atoms with Gasteiger partial charge in [-0.05, 0) is 67.6 Å². The van der Waals surface area contributed by atoms with Gasteiger partial charge in [-0.3, -0.25) is 4.79 Å². The maximum Gasteiger partial charge on any atom is 0.323 e. The number of rotatable bonds is 3. The van der Waals surface area contributed by atoms with Crippen LogP contribution >= 0.6 is 0 Å². The SMILES string of the molecule is COC(=O)C(N)C12CC(c3c(C)cc(C)cc3C)(C1)C2. The van der Waals surface area contributed by atoms with Crippen molar-refractivity contribution in [2.45, 2.75) is 51.5 Å². The summed E-state index contributed by atoms with van der Waals surface area (Å²) in [4.78, 5) is 11.6. The number of hydrogen-bond donors (Lipinski definition) is 1. The molecule has 3 aliphatic rings. The fourth-order valence-electron chi connectivity index (χ4n) is 4.85. The maximum atomic E-state index is 11.6. The Balaban J connectivity index is 1.84. The van der Waals surface area contributed by atoms with Crippen LogP contribution in [0.25, 0.3) is 0 Å². The highest BCUT2D eigenvalue weighted by atomic mass is 16.5. The quantitative estimate of drug-likeness (QED) is 0.861. The molecule has 0 spiro atoms. The second-order valence-corrected chi connectivity index (χ2v) is 6.95. The standard InChI is InChI=1S/C17H23NO2/c1-10-5-11(2)13(12(3)6-10)16-7-17(8-16,9-16)14(18)15(19)20-4/h5-6,14H,7-9,18H2,1-4H3. The van der Waals surface area contributed by atoms with Crippen LogP contribution in [0.5, 0.6) is 0 Å². The van der Waals surface area contributed by atoms with Crippen LogP contribution in [-0.4, -0.2) is 19.1 Å². The van der Waals surface area contributed by atoms with E-state index in [9.17, 15) is 4.79 Å². The van der Waals surface area contributed by atoms with Crippen LogP contribution in [0.3, 0.4) is 0 Å². The second-order valence-electron chi connectivity index (χ2n) is 6.95. The van der Waals surface area contributed by atoms with E-state index in [1.807, 2.05) is 0 Å². The first-order valence-electron chi connectivity index (χ1n) is 7.25. The molecule has 3 saturated carbocycles. The zero-order chi connectivity index (χ0) is 14.7. The van der Waals surface area contributed by atoms with Crippen molar-refractivity contribution in [3.8, 4) is 0 Å². The molecule has 1 aromatic rings. The summed E-state index contributed by atoms with van der Waals surface area (Å²) >= 11 is 0. The topological polar surface area (TPSA) is 52.3 Å². The number of aryl methyl sites for hydroxylation is 3. The molecule has 1 atom stereocenters. The van der Waals surface area contributed by atoms with E-state index in [0.29, 0.717) is 0 Å². The first-order chi connectivity index (χ1) is 9.33. The van der Waals surface area contributed by atoms with E-state index in [1.54, 1.807) is 0 Å². The number of carbonyl (C=O) groups is 1. The number of carbonyl (C=O) groups excluding carboxylic acids is 1. The molecule has 20 heavy (non-hydrogen) atoms. The third kappa shape index (κ3) is 1.59. The van der Waals surface area contributed by atoms with Crippen LogP contribution in [-0.2, 0) is 14.9 Å². The summed E-state index contributed by atoms with van der Waals surface area (Å²) in [5, 5.41) is 0. The average molecular weight is 273 g/mol. The van der Waals surface area contributed by atoms with Crippen molar-refractivity contribution >= 4 is 5.97 Å². The number of nitrogens with two attached hydrogens (primary N) is 1. The van der Waals surface area contributed by atoms with Gasteiger partial charge in [0.1, 0.15) is 6.04 Å². The minimum absolute atomic E-state index is 0.00312. The Kier molecular flexibility index (Phi) is 2.78. The van der Waals surface area contributed by atoms with Crippen LogP contribution < -0.4 is 5.73 Å². The molecule has 2 bridgehead atoms. The molecule has 3 aliphatic carbocycles. The Morgan fingerprint density at radius 2 is 1.70 bits per heavy atom. The Labute approximate surface area is 120 Å². The average Bonchev–Trinajstić information content (AvgIpc) is 2.27. The lowest BCUT2D eigenvalue weighted by molar-refractivity contribution is -0.181. The monoisotopic (exact) mass is 273 g/mol. The molecule has 0 aliphatic heterocycles. The van der Waals surface area contributed by atoms with Crippen molar-refractivity contribution in [2.75, 3.05) is 7.11 Å². The van der Waals surface area contributed by atoms with Gasteiger partial charge < -0.3 is 10.5 Å². The smallest absolute Gasteiger partial charge is 0.323 e. The Morgan fingerprint density at radius 3 is 2.15 bits per heavy atom. The van der Waals surface area contributed by atoms with Crippen LogP contribution in [0, 0.1) is 26.2 Å². The molecule has 0 heterocycles. The summed E-state index contributed by atoms with van der Waals surface area (Å²) in [5.41, 5.74) is 11.9. The predicted octanol–water partition coefficient (Wildman–Crippen LogP) is 2.53. The summed E-state index contributed by atoms with van der Waals surface area (Å²) in [6.07, 6.45) is 3.09. The molecule has 3 nitrogen and oxygen atoms in total. The van der Waals surface area contributed by atoms with Gasteiger partial charge in [0.2, 0.25) is 0 Å². The van der Waals surface area contributed by atoms with Gasteiger partial charge >= 0.3 is 5.97 Å². The van der Waals surface area contributed by atoms with Gasteiger partial charge in [0.05, 0.1) is 7.11 Å². The lowest BCUT2D eigenvalue weighted by atomic mass is 9.31. The number of hydrogen-bond acceptors (Lipinski definition) is 3. The first-order valence-corrected chi connectivity index (χ1v) is 7.25. The maximum absolute atomic E-state index is 11.6. The molecule has 3 heteroatoms. The van der Waals surface area contributed by atoms with E-state index < -0.39 is 6.04 Å². The minimum Gasteiger partial charge on any atom is -0.468 e. The van der Waals surface area contributed by atoms with E-state index in [-0.39, 0.29) is 16.8 Å². The van der Waals surface area contributed by atoms with Crippen molar-refractivity contribution in [1.29, 1.82) is 0 Å². The van der Waals surface area contributed by atoms with E-state index in [4.69, 9.17) is 10.5 Å². The molecule has 3 fully saturated rings. The largest absolute Gasteiger partial charge is 0.468 e. The zero-order valence-electron chi connectivity index (χ0n) is 12.7. The number of esters is 1. The highest BCUT2D eigenvalue weighted by molar-refractivity contribution is 5.78. The molecular formula is C17H23NO2. The third-order valence-corrected chi connectivity index (χ3v) is 5.39. The van der Waals surface area contributed by atoms with Gasteiger partial charge in [0.25, 0.3) is 0 Å². The summed E-state index contributed by atoms with van der Waals surface area (Å²) in [6.45, 7) is 6.53. The van der Waals surface area contributed by atoms with Crippen molar-refractivity contribution in [1.82, 2.24) is 0 Å². The number of benzene rings is 1. The summed E-state index contributed by atoms with van der Waals surface area (Å²) in [6, 6.07) is 4.06. The summed E-state index contributed by atoms with van der Waals surface area (Å²) < 4.78 is 4.80. The second kappa shape index (κ2) is 4.08. The van der Waals surface area contributed by atoms with Crippen LogP contribution in [0.4, 0.5) is 0 Å². The van der Waals surface area contributed by atoms with Gasteiger partial charge in [0, 0.05) is 0 Å². The molecule has 1 aromatic carbocycles. The Morgan fingerprint density at radius 1 is 1.20 bits per heavy atom. The lowest BCUT2D eigenvalue weighted by Gasteiger charge is -2.73. The molecule has 108 valence electrons. The first kappa shape index (κ1) is 13.6. The van der Waals surface area contributed by atoms with Gasteiger partial charge in [-0.15, -0.1) is 0 Å². The van der Waals surface area contributed by atoms with Gasteiger partial charge in [-0.1, -0.05) is 17.7 Å². The van der Waals surface area contributed by atoms with Crippen LogP contribution in [0.15, 0.2) is 12.1 Å². The molecule has 0 amide bonds. The van der Waals surface area contributed by atoms with Gasteiger partial charge in [-0.25, -0.2) is 0 Å². The fraction of sp³-hybridized carbons (Fsp3) is 0.588. The van der Waals surface area contributed by atoms with Gasteiger partial charge in [0.15, 0.2) is 0 Å². The lowest BCUT2D eigenvalue weighted by Crippen LogP contribution is -2.72. The van der Waals surface area contributed by atoms with E-state index in [2.05, 4.69) is 32.9 Å². The van der Waals surface area contributed by atoms with Crippen molar-refractivity contribution in [3.05, 3.63) is 34.4 Å². The Bertz CT molecular complexity index is 548. The molecule has 0 radical (unpaired) electrons. The molecule has 0 aromatic heterocycles. The third-order valence-electron chi connectivity index (χ3n) is 5.39. The molecule has 0 saturated heterocycles. The molecular weight excluding hydrogens is 250 g/mol. The van der Waals surface area contributed by atoms with E-state index in [1.165, 1.54) is 29.4 Å². The van der Waals surface area contributed by atoms with E-state index in [0.717, 1.165) is 19.3 Å². The molecule has 2 N–H and O–H groups in total. The summed E-state index contributed by atoms with van der Waals surface area (Å²) in [7, 11) is 1.41. The van der Waals surface area contributed by atoms with Crippen molar-refractivity contribution in [3.63, 3.8) is 0 Å². The van der Waals surface area contributed by atoms with Crippen molar-refractivity contribution in [2.24, 2.45) is 11.1 Å². The van der Waals surface area contributed by atoms with Gasteiger partial charge in [-0.2, -0.15) is 0 Å². The fourth-order valence-corrected chi connectivity index (χ4v) is 4.85. The molecule has 1 unspecified atom stereocenters. The Hall–Kier alpha value is -1.35. The minimum atomic E-state index is -0.458. The van der Waals surface area contributed by atoms with E-state index >= 15 is 0 Å². The predicted molar refractivity (Wildman–Crippen MR) is 78.6 cm³/mol. The zero-order valence-corrected chi connectivity index (χ0v) is 12.7. The number of methoxy groups -OCH3 is 1. The van der Waals surface area contributed by atoms with Crippen molar-refractivity contribution < 1.29 is 9.53 Å². The highest BCUT2D eigenvalue weighted by Crippen LogP contribution is 2.75. The normalized spacial score (nSPS) is 32.0.